The maximum atomic E-state index is 12.6. The molecule has 2 amide bonds. The van der Waals surface area contributed by atoms with Crippen LogP contribution in [0.25, 0.3) is 0 Å². The zero-order chi connectivity index (χ0) is 22.1. The standard InChI is InChI=1S/C22H25IN2O5/c1-22(2,13-7-6-10-19(27)25-29)20(17-14-15(23)11-12-18(17)26)30-21(28)24-16-8-4-3-5-9-16/h3-6,8-12,14,20,26,29H,7,13H2,1-2H3,(H,24,28)(H,25,27)/b10-6+/t20-/m0/s1. The molecule has 0 aliphatic carbocycles. The predicted octanol–water partition coefficient (Wildman–Crippen LogP) is 5.15. The number of para-hydroxylation sites is 1. The summed E-state index contributed by atoms with van der Waals surface area (Å²) in [4.78, 5) is 23.7. The molecule has 0 aliphatic rings. The second-order valence-corrected chi connectivity index (χ2v) is 8.63. The number of anilines is 1. The Morgan fingerprint density at radius 1 is 1.20 bits per heavy atom. The Bertz CT molecular complexity index is 900. The van der Waals surface area contributed by atoms with Crippen molar-refractivity contribution in [1.29, 1.82) is 0 Å². The van der Waals surface area contributed by atoms with Gasteiger partial charge in [-0.05, 0) is 65.8 Å². The van der Waals surface area contributed by atoms with Crippen LogP contribution in [0, 0.1) is 8.99 Å². The summed E-state index contributed by atoms with van der Waals surface area (Å²) in [7, 11) is 0. The molecule has 0 heterocycles. The van der Waals surface area contributed by atoms with Crippen LogP contribution in [0.15, 0.2) is 60.7 Å². The van der Waals surface area contributed by atoms with Gasteiger partial charge in [0.25, 0.3) is 5.91 Å². The Balaban J connectivity index is 2.23. The lowest BCUT2D eigenvalue weighted by atomic mass is 9.78. The number of halogens is 1. The molecule has 0 unspecified atom stereocenters. The predicted molar refractivity (Wildman–Crippen MR) is 122 cm³/mol. The molecule has 160 valence electrons. The van der Waals surface area contributed by atoms with Crippen molar-refractivity contribution in [2.45, 2.75) is 32.8 Å². The van der Waals surface area contributed by atoms with Crippen molar-refractivity contribution in [3.05, 3.63) is 69.8 Å². The second kappa shape index (κ2) is 11.0. The molecule has 1 atom stereocenters. The summed E-state index contributed by atoms with van der Waals surface area (Å²) >= 11 is 2.14. The van der Waals surface area contributed by atoms with Crippen molar-refractivity contribution in [3.63, 3.8) is 0 Å². The number of carbonyl (C=O) groups excluding carboxylic acids is 2. The van der Waals surface area contributed by atoms with Crippen molar-refractivity contribution in [1.82, 2.24) is 5.48 Å². The third-order valence-corrected chi connectivity index (χ3v) is 5.23. The monoisotopic (exact) mass is 524 g/mol. The highest BCUT2D eigenvalue weighted by Gasteiger charge is 2.35. The number of hydroxylamine groups is 1. The van der Waals surface area contributed by atoms with Gasteiger partial charge in [0.2, 0.25) is 0 Å². The van der Waals surface area contributed by atoms with Gasteiger partial charge in [0.1, 0.15) is 11.9 Å². The first-order valence-corrected chi connectivity index (χ1v) is 10.4. The largest absolute Gasteiger partial charge is 0.508 e. The Morgan fingerprint density at radius 2 is 1.90 bits per heavy atom. The van der Waals surface area contributed by atoms with Crippen LogP contribution in [0.2, 0.25) is 0 Å². The summed E-state index contributed by atoms with van der Waals surface area (Å²) in [5.41, 5.74) is 2.07. The molecular weight excluding hydrogens is 499 g/mol. The first-order valence-electron chi connectivity index (χ1n) is 9.34. The van der Waals surface area contributed by atoms with E-state index in [4.69, 9.17) is 9.94 Å². The number of hydrogen-bond donors (Lipinski definition) is 4. The van der Waals surface area contributed by atoms with Gasteiger partial charge in [-0.15, -0.1) is 0 Å². The lowest BCUT2D eigenvalue weighted by molar-refractivity contribution is -0.124. The molecule has 2 aromatic rings. The highest BCUT2D eigenvalue weighted by molar-refractivity contribution is 14.1. The van der Waals surface area contributed by atoms with Crippen LogP contribution in [-0.2, 0) is 9.53 Å². The normalized spacial score (nSPS) is 12.4. The lowest BCUT2D eigenvalue weighted by Crippen LogP contribution is -2.29. The topological polar surface area (TPSA) is 108 Å². The maximum Gasteiger partial charge on any atom is 0.412 e. The van der Waals surface area contributed by atoms with Gasteiger partial charge in [-0.2, -0.15) is 0 Å². The SMILES string of the molecule is CC(C)(CC/C=C/C(=O)NO)[C@@H](OC(=O)Nc1ccccc1)c1cc(I)ccc1O. The minimum atomic E-state index is -0.740. The van der Waals surface area contributed by atoms with E-state index in [1.165, 1.54) is 11.6 Å². The van der Waals surface area contributed by atoms with Crippen LogP contribution >= 0.6 is 22.6 Å². The van der Waals surface area contributed by atoms with Gasteiger partial charge in [0, 0.05) is 26.3 Å². The van der Waals surface area contributed by atoms with Crippen LogP contribution in [0.4, 0.5) is 10.5 Å². The number of amides is 2. The van der Waals surface area contributed by atoms with Crippen LogP contribution < -0.4 is 10.8 Å². The van der Waals surface area contributed by atoms with E-state index in [2.05, 4.69) is 27.9 Å². The van der Waals surface area contributed by atoms with E-state index in [-0.39, 0.29) is 5.75 Å². The Kier molecular flexibility index (Phi) is 8.67. The van der Waals surface area contributed by atoms with Crippen molar-refractivity contribution in [2.75, 3.05) is 5.32 Å². The van der Waals surface area contributed by atoms with E-state index in [1.54, 1.807) is 48.5 Å². The van der Waals surface area contributed by atoms with Crippen molar-refractivity contribution in [3.8, 4) is 5.75 Å². The molecule has 0 saturated carbocycles. The summed E-state index contributed by atoms with van der Waals surface area (Å²) in [6.45, 7) is 3.85. The summed E-state index contributed by atoms with van der Waals surface area (Å²) in [5, 5.41) is 21.7. The number of allylic oxidation sites excluding steroid dienone is 1. The molecule has 0 aromatic heterocycles. The highest BCUT2D eigenvalue weighted by atomic mass is 127. The third kappa shape index (κ3) is 7.03. The number of carbonyl (C=O) groups is 2. The number of ether oxygens (including phenoxy) is 1. The fourth-order valence-electron chi connectivity index (χ4n) is 2.97. The minimum Gasteiger partial charge on any atom is -0.508 e. The average Bonchev–Trinajstić information content (AvgIpc) is 2.72. The molecule has 0 aliphatic heterocycles. The van der Waals surface area contributed by atoms with Gasteiger partial charge in [0.05, 0.1) is 0 Å². The molecule has 0 radical (unpaired) electrons. The maximum absolute atomic E-state index is 12.6. The van der Waals surface area contributed by atoms with Gasteiger partial charge < -0.3 is 9.84 Å². The third-order valence-electron chi connectivity index (χ3n) is 4.56. The number of phenols is 1. The molecule has 0 bridgehead atoms. The zero-order valence-electron chi connectivity index (χ0n) is 16.8. The molecule has 2 aromatic carbocycles. The van der Waals surface area contributed by atoms with E-state index in [1.807, 2.05) is 19.9 Å². The zero-order valence-corrected chi connectivity index (χ0v) is 18.9. The minimum absolute atomic E-state index is 0.0382. The molecule has 30 heavy (non-hydrogen) atoms. The Morgan fingerprint density at radius 3 is 2.57 bits per heavy atom. The summed E-state index contributed by atoms with van der Waals surface area (Å²) in [6.07, 6.45) is 2.55. The number of benzene rings is 2. The molecular formula is C22H25IN2O5. The van der Waals surface area contributed by atoms with E-state index < -0.39 is 23.5 Å². The number of aromatic hydroxyl groups is 1. The van der Waals surface area contributed by atoms with Crippen molar-refractivity contribution < 1.29 is 24.6 Å². The van der Waals surface area contributed by atoms with E-state index in [9.17, 15) is 14.7 Å². The van der Waals surface area contributed by atoms with Crippen LogP contribution in [0.1, 0.15) is 38.4 Å². The first kappa shape index (κ1) is 23.7. The smallest absolute Gasteiger partial charge is 0.412 e. The van der Waals surface area contributed by atoms with Gasteiger partial charge in [-0.3, -0.25) is 15.3 Å². The summed E-state index contributed by atoms with van der Waals surface area (Å²) in [5.74, 6) is -0.575. The van der Waals surface area contributed by atoms with E-state index in [0.717, 1.165) is 3.57 Å². The van der Waals surface area contributed by atoms with Gasteiger partial charge in [-0.25, -0.2) is 10.3 Å². The van der Waals surface area contributed by atoms with Gasteiger partial charge in [0.15, 0.2) is 0 Å². The molecule has 0 fully saturated rings. The second-order valence-electron chi connectivity index (χ2n) is 7.39. The Labute approximate surface area is 189 Å². The first-order chi connectivity index (χ1) is 14.2. The fourth-order valence-corrected chi connectivity index (χ4v) is 3.48. The van der Waals surface area contributed by atoms with Gasteiger partial charge >= 0.3 is 6.09 Å². The molecule has 8 heteroatoms. The molecule has 2 rings (SSSR count). The molecule has 0 spiro atoms. The highest BCUT2D eigenvalue weighted by Crippen LogP contribution is 2.44. The average molecular weight is 524 g/mol. The number of phenolic OH excluding ortho intramolecular Hbond substituents is 1. The van der Waals surface area contributed by atoms with Crippen LogP contribution in [-0.4, -0.2) is 22.3 Å². The number of hydrogen-bond acceptors (Lipinski definition) is 5. The molecule has 7 nitrogen and oxygen atoms in total. The summed E-state index contributed by atoms with van der Waals surface area (Å²) in [6, 6.07) is 14.1. The number of nitrogens with one attached hydrogen (secondary N) is 2. The quantitative estimate of drug-likeness (QED) is 0.165. The Hall–Kier alpha value is -2.59. The van der Waals surface area contributed by atoms with Crippen molar-refractivity contribution >= 4 is 40.3 Å². The van der Waals surface area contributed by atoms with E-state index >= 15 is 0 Å². The molecule has 4 N–H and O–H groups in total. The van der Waals surface area contributed by atoms with Crippen LogP contribution in [0.3, 0.4) is 0 Å². The number of rotatable bonds is 8. The van der Waals surface area contributed by atoms with Crippen LogP contribution in [0.5, 0.6) is 5.75 Å². The fraction of sp³-hybridized carbons (Fsp3) is 0.273. The van der Waals surface area contributed by atoms with Gasteiger partial charge in [-0.1, -0.05) is 38.1 Å². The summed E-state index contributed by atoms with van der Waals surface area (Å²) < 4.78 is 6.68. The van der Waals surface area contributed by atoms with E-state index in [0.29, 0.717) is 24.1 Å². The molecule has 0 saturated heterocycles. The lowest BCUT2D eigenvalue weighted by Gasteiger charge is -2.34. The van der Waals surface area contributed by atoms with Crippen molar-refractivity contribution in [2.24, 2.45) is 5.41 Å².